The van der Waals surface area contributed by atoms with Crippen LogP contribution in [-0.4, -0.2) is 54.2 Å². The van der Waals surface area contributed by atoms with E-state index in [1.165, 1.54) is 0 Å². The number of hydrogen-bond acceptors (Lipinski definition) is 8. The number of ether oxygens (including phenoxy) is 2. The first-order chi connectivity index (χ1) is 11.5. The number of alkyl halides is 8. The summed E-state index contributed by atoms with van der Waals surface area (Å²) in [6, 6.07) is 0. The Morgan fingerprint density at radius 1 is 0.846 bits per heavy atom. The average molecular weight is 450 g/mol. The Labute approximate surface area is 144 Å². The molecule has 0 aromatic carbocycles. The van der Waals surface area contributed by atoms with Crippen molar-refractivity contribution in [2.45, 2.75) is 35.6 Å². The van der Waals surface area contributed by atoms with Crippen molar-refractivity contribution in [3.05, 3.63) is 0 Å². The Bertz CT molecular complexity index is 542. The molecule has 158 valence electrons. The van der Waals surface area contributed by atoms with Gasteiger partial charge in [-0.25, -0.2) is 5.26 Å². The fourth-order valence-electron chi connectivity index (χ4n) is 1.03. The maximum atomic E-state index is 13.0. The van der Waals surface area contributed by atoms with Gasteiger partial charge in [0.25, 0.3) is 0 Å². The van der Waals surface area contributed by atoms with Gasteiger partial charge in [-0.3, -0.25) is 4.55 Å². The van der Waals surface area contributed by atoms with Crippen LogP contribution in [0.1, 0.15) is 12.8 Å². The predicted octanol–water partition coefficient (Wildman–Crippen LogP) is 3.13. The average Bonchev–Trinajstić information content (AvgIpc) is 2.47. The zero-order chi connectivity index (χ0) is 20.9. The summed E-state index contributed by atoms with van der Waals surface area (Å²) in [6.45, 7) is -2.51. The summed E-state index contributed by atoms with van der Waals surface area (Å²) in [4.78, 5) is 0. The SMILES string of the molecule is O=S(=O)(O)C(F)(F)C(F)(F)OCCCCOC(F)(F)C(F)(F)SOOO. The minimum Gasteiger partial charge on any atom is -0.315 e. The van der Waals surface area contributed by atoms with Crippen LogP contribution >= 0.6 is 12.0 Å². The van der Waals surface area contributed by atoms with Crippen LogP contribution in [0.25, 0.3) is 0 Å². The first kappa shape index (κ1) is 25.5. The lowest BCUT2D eigenvalue weighted by molar-refractivity contribution is -0.435. The quantitative estimate of drug-likeness (QED) is 0.109. The lowest BCUT2D eigenvalue weighted by Crippen LogP contribution is -2.48. The molecule has 2 N–H and O–H groups in total. The van der Waals surface area contributed by atoms with Crippen LogP contribution in [0.2, 0.25) is 0 Å². The molecule has 0 aliphatic rings. The fraction of sp³-hybridized carbons (Fsp3) is 1.00. The summed E-state index contributed by atoms with van der Waals surface area (Å²) < 4.78 is 141. The Hall–Kier alpha value is -0.500. The molecule has 0 fully saturated rings. The van der Waals surface area contributed by atoms with Crippen molar-refractivity contribution in [2.24, 2.45) is 0 Å². The van der Waals surface area contributed by atoms with Gasteiger partial charge in [0.05, 0.1) is 13.2 Å². The van der Waals surface area contributed by atoms with Gasteiger partial charge in [-0.05, 0) is 12.8 Å². The van der Waals surface area contributed by atoms with Crippen LogP contribution in [-0.2, 0) is 29.0 Å². The third-order valence-corrected chi connectivity index (χ3v) is 3.74. The second kappa shape index (κ2) is 9.13. The molecule has 26 heavy (non-hydrogen) atoms. The molecule has 0 spiro atoms. The van der Waals surface area contributed by atoms with Gasteiger partial charge in [0.15, 0.2) is 0 Å². The van der Waals surface area contributed by atoms with E-state index in [0.717, 1.165) is 0 Å². The van der Waals surface area contributed by atoms with Gasteiger partial charge in [0, 0.05) is 0 Å². The highest BCUT2D eigenvalue weighted by atomic mass is 32.2. The molecule has 0 atom stereocenters. The topological polar surface area (TPSA) is 112 Å². The van der Waals surface area contributed by atoms with Gasteiger partial charge in [-0.2, -0.15) is 43.5 Å². The van der Waals surface area contributed by atoms with Crippen LogP contribution in [0.4, 0.5) is 35.1 Å². The second-order valence-electron chi connectivity index (χ2n) is 4.17. The molecule has 0 heterocycles. The van der Waals surface area contributed by atoms with Crippen molar-refractivity contribution >= 4 is 22.2 Å². The van der Waals surface area contributed by atoms with Crippen LogP contribution in [0.15, 0.2) is 0 Å². The van der Waals surface area contributed by atoms with E-state index in [2.05, 4.69) is 18.8 Å². The second-order valence-corrected chi connectivity index (χ2v) is 6.45. The monoisotopic (exact) mass is 450 g/mol. The molecule has 0 saturated heterocycles. The third-order valence-electron chi connectivity index (χ3n) is 2.28. The van der Waals surface area contributed by atoms with E-state index in [1.807, 2.05) is 0 Å². The van der Waals surface area contributed by atoms with Crippen molar-refractivity contribution < 1.29 is 72.2 Å². The minimum absolute atomic E-state index is 0.679. The summed E-state index contributed by atoms with van der Waals surface area (Å²) in [5.41, 5.74) is 0. The smallest absolute Gasteiger partial charge is 0.315 e. The van der Waals surface area contributed by atoms with Crippen LogP contribution < -0.4 is 0 Å². The first-order valence-corrected chi connectivity index (χ1v) is 8.12. The molecule has 0 aromatic rings. The third kappa shape index (κ3) is 6.59. The molecular weight excluding hydrogens is 440 g/mol. The lowest BCUT2D eigenvalue weighted by Gasteiger charge is -2.24. The Morgan fingerprint density at radius 2 is 1.27 bits per heavy atom. The molecule has 18 heteroatoms. The van der Waals surface area contributed by atoms with E-state index >= 15 is 0 Å². The van der Waals surface area contributed by atoms with Crippen molar-refractivity contribution in [1.82, 2.24) is 0 Å². The number of rotatable bonds is 13. The first-order valence-electron chi connectivity index (χ1n) is 5.94. The van der Waals surface area contributed by atoms with E-state index < -0.39 is 70.9 Å². The van der Waals surface area contributed by atoms with E-state index in [1.54, 1.807) is 0 Å². The predicted molar refractivity (Wildman–Crippen MR) is 64.9 cm³/mol. The standard InChI is InChI=1S/C8H10F8O8S2/c9-5(10,7(13,14)25-24-23-17)21-3-1-2-4-22-6(11,12)8(15,16)26(18,19)20/h17H,1-4H2,(H,18,19,20). The summed E-state index contributed by atoms with van der Waals surface area (Å²) in [6.07, 6.45) is -12.2. The Kier molecular flexibility index (Phi) is 8.95. The molecule has 0 aliphatic heterocycles. The van der Waals surface area contributed by atoms with Gasteiger partial charge in [-0.15, -0.1) is 4.33 Å². The maximum absolute atomic E-state index is 13.0. The van der Waals surface area contributed by atoms with Gasteiger partial charge in [0.1, 0.15) is 12.0 Å². The minimum atomic E-state index is -6.51. The molecule has 0 amide bonds. The molecule has 0 saturated carbocycles. The highest BCUT2D eigenvalue weighted by Crippen LogP contribution is 2.44. The van der Waals surface area contributed by atoms with E-state index in [4.69, 9.17) is 9.81 Å². The highest BCUT2D eigenvalue weighted by molar-refractivity contribution is 7.95. The molecular formula is C8H10F8O8S2. The van der Waals surface area contributed by atoms with E-state index in [-0.39, 0.29) is 0 Å². The van der Waals surface area contributed by atoms with Crippen LogP contribution in [0.3, 0.4) is 0 Å². The molecule has 0 bridgehead atoms. The van der Waals surface area contributed by atoms with Crippen molar-refractivity contribution in [3.63, 3.8) is 0 Å². The largest absolute Gasteiger partial charge is 0.459 e. The normalized spacial score (nSPS) is 14.7. The highest BCUT2D eigenvalue weighted by Gasteiger charge is 2.67. The zero-order valence-corrected chi connectivity index (χ0v) is 13.6. The summed E-state index contributed by atoms with van der Waals surface area (Å²) in [5.74, 6) is 0. The molecule has 0 radical (unpaired) electrons. The summed E-state index contributed by atoms with van der Waals surface area (Å²) in [5, 5.41) is -0.710. The maximum Gasteiger partial charge on any atom is 0.459 e. The summed E-state index contributed by atoms with van der Waals surface area (Å²) in [7, 11) is -6.51. The van der Waals surface area contributed by atoms with Crippen molar-refractivity contribution in [3.8, 4) is 0 Å². The molecule has 0 aromatic heterocycles. The zero-order valence-electron chi connectivity index (χ0n) is 12.0. The van der Waals surface area contributed by atoms with Gasteiger partial charge < -0.3 is 9.47 Å². The number of halogens is 8. The molecule has 0 unspecified atom stereocenters. The number of hydrogen-bond donors (Lipinski definition) is 2. The van der Waals surface area contributed by atoms with Gasteiger partial charge >= 0.3 is 32.8 Å². The Morgan fingerprint density at radius 3 is 1.65 bits per heavy atom. The van der Waals surface area contributed by atoms with Crippen molar-refractivity contribution in [1.29, 1.82) is 0 Å². The van der Waals surface area contributed by atoms with E-state index in [9.17, 15) is 43.5 Å². The number of unbranched alkanes of at least 4 members (excludes halogenated alkanes) is 1. The van der Waals surface area contributed by atoms with Gasteiger partial charge in [0.2, 0.25) is 0 Å². The van der Waals surface area contributed by atoms with E-state index in [0.29, 0.717) is 0 Å². The van der Waals surface area contributed by atoms with Crippen molar-refractivity contribution in [2.75, 3.05) is 13.2 Å². The summed E-state index contributed by atoms with van der Waals surface area (Å²) >= 11 is -1.31. The lowest BCUT2D eigenvalue weighted by atomic mass is 10.3. The van der Waals surface area contributed by atoms with Gasteiger partial charge in [-0.1, -0.05) is 5.04 Å². The molecule has 0 rings (SSSR count). The van der Waals surface area contributed by atoms with Crippen LogP contribution in [0.5, 0.6) is 0 Å². The molecule has 8 nitrogen and oxygen atoms in total. The Balaban J connectivity index is 4.37. The van der Waals surface area contributed by atoms with Crippen LogP contribution in [0, 0.1) is 0 Å². The fourth-order valence-corrected chi connectivity index (χ4v) is 1.66. The molecule has 0 aliphatic carbocycles.